The van der Waals surface area contributed by atoms with Crippen LogP contribution in [-0.4, -0.2) is 23.2 Å². The number of carbonyl (C=O) groups excluding carboxylic acids is 1. The molecule has 1 amide bonds. The van der Waals surface area contributed by atoms with Gasteiger partial charge in [0, 0.05) is 18.1 Å². The molecule has 2 aromatic carbocycles. The summed E-state index contributed by atoms with van der Waals surface area (Å²) >= 11 is 0. The second-order valence-corrected chi connectivity index (χ2v) is 5.43. The Balaban J connectivity index is 1.96. The molecule has 0 saturated carbocycles. The highest BCUT2D eigenvalue weighted by Gasteiger charge is 2.38. The minimum Gasteiger partial charge on any atom is -0.364 e. The first-order valence-corrected chi connectivity index (χ1v) is 7.21. The molecule has 3 aromatic rings. The fourth-order valence-corrected chi connectivity index (χ4v) is 2.49. The van der Waals surface area contributed by atoms with E-state index in [1.165, 1.54) is 50.4 Å². The standard InChI is InChI=1S/C17H15F2N3O2/c1-17(24-2,12-5-3-4-6-13(12)19)16(23)20-15-11-8-7-10(18)9-14(11)21-22-15/h3-9H,1-2H3,(H2,20,21,22,23). The number of anilines is 1. The number of methoxy groups -OCH3 is 1. The van der Waals surface area contributed by atoms with Gasteiger partial charge in [-0.1, -0.05) is 18.2 Å². The van der Waals surface area contributed by atoms with Crippen LogP contribution in [-0.2, 0) is 15.1 Å². The van der Waals surface area contributed by atoms with Crippen LogP contribution in [0.5, 0.6) is 0 Å². The Bertz CT molecular complexity index is 910. The lowest BCUT2D eigenvalue weighted by Crippen LogP contribution is -2.40. The third-order valence-corrected chi connectivity index (χ3v) is 3.99. The largest absolute Gasteiger partial charge is 0.364 e. The fourth-order valence-electron chi connectivity index (χ4n) is 2.49. The van der Waals surface area contributed by atoms with E-state index in [0.717, 1.165) is 0 Å². The number of rotatable bonds is 4. The number of amides is 1. The van der Waals surface area contributed by atoms with Crippen LogP contribution in [0.15, 0.2) is 42.5 Å². The van der Waals surface area contributed by atoms with Crippen molar-refractivity contribution in [1.82, 2.24) is 10.2 Å². The Hall–Kier alpha value is -2.80. The first-order valence-electron chi connectivity index (χ1n) is 7.21. The van der Waals surface area contributed by atoms with Crippen LogP contribution in [0.25, 0.3) is 10.9 Å². The summed E-state index contributed by atoms with van der Waals surface area (Å²) in [5, 5.41) is 9.75. The maximum atomic E-state index is 14.1. The quantitative estimate of drug-likeness (QED) is 0.770. The maximum Gasteiger partial charge on any atom is 0.262 e. The number of ether oxygens (including phenoxy) is 1. The van der Waals surface area contributed by atoms with E-state index in [-0.39, 0.29) is 11.4 Å². The van der Waals surface area contributed by atoms with E-state index in [9.17, 15) is 13.6 Å². The first-order chi connectivity index (χ1) is 11.5. The van der Waals surface area contributed by atoms with Gasteiger partial charge in [-0.05, 0) is 31.2 Å². The Morgan fingerprint density at radius 1 is 1.25 bits per heavy atom. The van der Waals surface area contributed by atoms with E-state index < -0.39 is 23.1 Å². The lowest BCUT2D eigenvalue weighted by Gasteiger charge is -2.27. The molecular formula is C17H15F2N3O2. The summed E-state index contributed by atoms with van der Waals surface area (Å²) in [6.45, 7) is 1.47. The highest BCUT2D eigenvalue weighted by molar-refractivity contribution is 6.03. The van der Waals surface area contributed by atoms with Crippen LogP contribution < -0.4 is 5.32 Å². The highest BCUT2D eigenvalue weighted by atomic mass is 19.1. The molecule has 0 aliphatic carbocycles. The van der Waals surface area contributed by atoms with Crippen molar-refractivity contribution in [3.05, 3.63) is 59.7 Å². The van der Waals surface area contributed by atoms with Crippen molar-refractivity contribution in [2.24, 2.45) is 0 Å². The molecule has 0 bridgehead atoms. The van der Waals surface area contributed by atoms with E-state index in [4.69, 9.17) is 4.74 Å². The van der Waals surface area contributed by atoms with Gasteiger partial charge in [0.25, 0.3) is 5.91 Å². The van der Waals surface area contributed by atoms with E-state index in [1.807, 2.05) is 0 Å². The molecule has 2 N–H and O–H groups in total. The van der Waals surface area contributed by atoms with Gasteiger partial charge in [-0.2, -0.15) is 5.10 Å². The van der Waals surface area contributed by atoms with E-state index in [1.54, 1.807) is 6.07 Å². The zero-order chi connectivity index (χ0) is 17.3. The van der Waals surface area contributed by atoms with Crippen molar-refractivity contribution in [2.45, 2.75) is 12.5 Å². The van der Waals surface area contributed by atoms with Crippen LogP contribution >= 0.6 is 0 Å². The number of fused-ring (bicyclic) bond motifs is 1. The number of benzene rings is 2. The van der Waals surface area contributed by atoms with Gasteiger partial charge < -0.3 is 10.1 Å². The van der Waals surface area contributed by atoms with Gasteiger partial charge >= 0.3 is 0 Å². The average Bonchev–Trinajstić information content (AvgIpc) is 2.96. The number of aromatic nitrogens is 2. The summed E-state index contributed by atoms with van der Waals surface area (Å²) in [7, 11) is 1.32. The second-order valence-electron chi connectivity index (χ2n) is 5.43. The first kappa shape index (κ1) is 16.1. The molecule has 1 atom stereocenters. The number of halogens is 2. The zero-order valence-corrected chi connectivity index (χ0v) is 13.1. The summed E-state index contributed by atoms with van der Waals surface area (Å²) in [5.74, 6) is -1.34. The molecule has 0 fully saturated rings. The molecule has 5 nitrogen and oxygen atoms in total. The SMILES string of the molecule is COC(C)(C(=O)Nc1n[nH]c2cc(F)ccc12)c1ccccc1F. The lowest BCUT2D eigenvalue weighted by molar-refractivity contribution is -0.137. The van der Waals surface area contributed by atoms with Crippen LogP contribution in [0.4, 0.5) is 14.6 Å². The van der Waals surface area contributed by atoms with Crippen LogP contribution in [0, 0.1) is 11.6 Å². The second kappa shape index (κ2) is 6.01. The fraction of sp³-hybridized carbons (Fsp3) is 0.176. The molecule has 3 rings (SSSR count). The average molecular weight is 331 g/mol. The van der Waals surface area contributed by atoms with Gasteiger partial charge in [0.05, 0.1) is 5.52 Å². The van der Waals surface area contributed by atoms with Crippen molar-refractivity contribution in [3.8, 4) is 0 Å². The predicted molar refractivity (Wildman–Crippen MR) is 85.4 cm³/mol. The van der Waals surface area contributed by atoms with Gasteiger partial charge in [-0.15, -0.1) is 0 Å². The summed E-state index contributed by atoms with van der Waals surface area (Å²) < 4.78 is 32.6. The van der Waals surface area contributed by atoms with Crippen molar-refractivity contribution in [2.75, 3.05) is 12.4 Å². The summed E-state index contributed by atoms with van der Waals surface area (Å²) in [4.78, 5) is 12.7. The Labute approximate surface area is 136 Å². The summed E-state index contributed by atoms with van der Waals surface area (Å²) in [5.41, 5.74) is -0.998. The monoisotopic (exact) mass is 331 g/mol. The van der Waals surface area contributed by atoms with Crippen LogP contribution in [0.2, 0.25) is 0 Å². The molecular weight excluding hydrogens is 316 g/mol. The van der Waals surface area contributed by atoms with Gasteiger partial charge in [0.15, 0.2) is 11.4 Å². The predicted octanol–water partition coefficient (Wildman–Crippen LogP) is 3.34. The number of hydrogen-bond acceptors (Lipinski definition) is 3. The number of nitrogens with one attached hydrogen (secondary N) is 2. The van der Waals surface area contributed by atoms with E-state index in [0.29, 0.717) is 10.9 Å². The van der Waals surface area contributed by atoms with Gasteiger partial charge in [-0.25, -0.2) is 8.78 Å². The minimum atomic E-state index is -1.54. The molecule has 24 heavy (non-hydrogen) atoms. The molecule has 0 spiro atoms. The van der Waals surface area contributed by atoms with Crippen molar-refractivity contribution in [3.63, 3.8) is 0 Å². The number of aromatic amines is 1. The van der Waals surface area contributed by atoms with Crippen LogP contribution in [0.1, 0.15) is 12.5 Å². The molecule has 0 radical (unpaired) electrons. The Kier molecular flexibility index (Phi) is 4.02. The normalized spacial score (nSPS) is 13.7. The number of hydrogen-bond donors (Lipinski definition) is 2. The minimum absolute atomic E-state index is 0.107. The zero-order valence-electron chi connectivity index (χ0n) is 13.1. The molecule has 1 aromatic heterocycles. The van der Waals surface area contributed by atoms with Crippen molar-refractivity contribution >= 4 is 22.6 Å². The number of H-pyrrole nitrogens is 1. The maximum absolute atomic E-state index is 14.1. The summed E-state index contributed by atoms with van der Waals surface area (Å²) in [6.07, 6.45) is 0. The van der Waals surface area contributed by atoms with Gasteiger partial charge in [0.2, 0.25) is 0 Å². The molecule has 1 heterocycles. The third kappa shape index (κ3) is 2.63. The number of nitrogens with zero attached hydrogens (tertiary/aromatic N) is 1. The van der Waals surface area contributed by atoms with Crippen molar-refractivity contribution < 1.29 is 18.3 Å². The van der Waals surface area contributed by atoms with Gasteiger partial charge in [-0.3, -0.25) is 9.89 Å². The highest BCUT2D eigenvalue weighted by Crippen LogP contribution is 2.30. The van der Waals surface area contributed by atoms with Crippen molar-refractivity contribution in [1.29, 1.82) is 0 Å². The molecule has 0 saturated heterocycles. The van der Waals surface area contributed by atoms with Gasteiger partial charge in [0.1, 0.15) is 11.6 Å². The number of carbonyl (C=O) groups is 1. The molecule has 0 aliphatic rings. The molecule has 1 unspecified atom stereocenters. The summed E-state index contributed by atoms with van der Waals surface area (Å²) in [6, 6.07) is 9.92. The Morgan fingerprint density at radius 2 is 2.00 bits per heavy atom. The Morgan fingerprint density at radius 3 is 2.71 bits per heavy atom. The third-order valence-electron chi connectivity index (χ3n) is 3.99. The topological polar surface area (TPSA) is 67.0 Å². The van der Waals surface area contributed by atoms with E-state index >= 15 is 0 Å². The smallest absolute Gasteiger partial charge is 0.262 e. The molecule has 0 aliphatic heterocycles. The van der Waals surface area contributed by atoms with Crippen LogP contribution in [0.3, 0.4) is 0 Å². The van der Waals surface area contributed by atoms with E-state index in [2.05, 4.69) is 15.5 Å². The lowest BCUT2D eigenvalue weighted by atomic mass is 9.94. The molecule has 7 heteroatoms. The molecule has 124 valence electrons.